The lowest BCUT2D eigenvalue weighted by Crippen LogP contribution is -2.19. The van der Waals surface area contributed by atoms with Crippen molar-refractivity contribution in [1.82, 2.24) is 10.6 Å². The van der Waals surface area contributed by atoms with Crippen LogP contribution >= 0.6 is 0 Å². The number of benzene rings is 6. The third kappa shape index (κ3) is 22.9. The lowest BCUT2D eigenvalue weighted by atomic mass is 9.75. The molecule has 6 rings (SSSR count). The smallest absolute Gasteiger partial charge is 0.123 e. The molecule has 0 spiro atoms. The van der Waals surface area contributed by atoms with Crippen molar-refractivity contribution in [3.8, 4) is 28.7 Å². The van der Waals surface area contributed by atoms with Gasteiger partial charge in [0, 0.05) is 0 Å². The fourth-order valence-electron chi connectivity index (χ4n) is 14.5. The van der Waals surface area contributed by atoms with Gasteiger partial charge in [0.25, 0.3) is 0 Å². The second kappa shape index (κ2) is 32.3. The number of rotatable bonds is 21. The van der Waals surface area contributed by atoms with Crippen LogP contribution in [0.15, 0.2) is 60.7 Å². The summed E-state index contributed by atoms with van der Waals surface area (Å²) in [5.41, 5.74) is 22.6. The van der Waals surface area contributed by atoms with Gasteiger partial charge >= 0.3 is 0 Å². The van der Waals surface area contributed by atoms with Gasteiger partial charge < -0.3 is 36.2 Å². The van der Waals surface area contributed by atoms with E-state index in [9.17, 15) is 25.5 Å². The number of aromatic hydroxyl groups is 5. The molecule has 101 heavy (non-hydrogen) atoms. The molecule has 0 aromatic heterocycles. The summed E-state index contributed by atoms with van der Waals surface area (Å²) < 4.78 is 0. The Morgan fingerprint density at radius 2 is 0.366 bits per heavy atom. The third-order valence-corrected chi connectivity index (χ3v) is 20.9. The van der Waals surface area contributed by atoms with Crippen molar-refractivity contribution in [1.29, 1.82) is 0 Å². The molecule has 0 aliphatic rings. The molecule has 0 unspecified atom stereocenters. The molecule has 0 saturated carbocycles. The fraction of sp³-hybridized carbons (Fsp3) is 0.617. The number of phenolic OH excluding ortho intramolecular Hbond substituents is 5. The molecule has 7 nitrogen and oxygen atoms in total. The fourth-order valence-corrected chi connectivity index (χ4v) is 14.5. The first-order valence-corrected chi connectivity index (χ1v) is 38.6. The van der Waals surface area contributed by atoms with Crippen LogP contribution in [0.25, 0.3) is 0 Å². The maximum absolute atomic E-state index is 11.6. The van der Waals surface area contributed by atoms with E-state index in [1.54, 1.807) is 0 Å². The van der Waals surface area contributed by atoms with E-state index in [0.717, 1.165) is 127 Å². The molecule has 562 valence electrons. The van der Waals surface area contributed by atoms with Crippen LogP contribution in [0.3, 0.4) is 0 Å². The molecular weight excluding hydrogens is 1240 g/mol. The molecule has 0 fully saturated rings. The van der Waals surface area contributed by atoms with Gasteiger partial charge in [-0.05, 0) is 276 Å². The number of aryl methyl sites for hydroxylation is 2. The van der Waals surface area contributed by atoms with Gasteiger partial charge in [0.2, 0.25) is 0 Å². The zero-order chi connectivity index (χ0) is 77.1. The highest BCUT2D eigenvalue weighted by Gasteiger charge is 2.33. The van der Waals surface area contributed by atoms with Gasteiger partial charge in [0.1, 0.15) is 28.7 Å². The number of nitrogens with one attached hydrogen (secondary N) is 2. The lowest BCUT2D eigenvalue weighted by Gasteiger charge is -2.30. The Labute approximate surface area is 618 Å². The first-order valence-electron chi connectivity index (χ1n) is 38.6. The van der Waals surface area contributed by atoms with E-state index in [1.807, 2.05) is 0 Å². The van der Waals surface area contributed by atoms with Crippen LogP contribution in [0.4, 0.5) is 0 Å². The molecule has 6 aromatic rings. The predicted octanol–water partition coefficient (Wildman–Crippen LogP) is 23.9. The molecule has 7 N–H and O–H groups in total. The van der Waals surface area contributed by atoms with Crippen molar-refractivity contribution in [2.75, 3.05) is 26.2 Å². The summed E-state index contributed by atoms with van der Waals surface area (Å²) in [7, 11) is 0. The van der Waals surface area contributed by atoms with Crippen molar-refractivity contribution >= 4 is 0 Å². The highest BCUT2D eigenvalue weighted by atomic mass is 16.3. The molecule has 0 aliphatic heterocycles. The third-order valence-electron chi connectivity index (χ3n) is 20.9. The standard InChI is InChI=1S/C54H78O3.C40H68N2O2/c1-31-37(22-34-25-40(49(4,5)6)46(55)41(26-34)50(7,8)9)32(2)39(24-36-29-44(53(16,17)18)48(57)45(30-36)54(19,20)21)33(3)38(31)23-35-27-42(51(10,11)12)47(56)43(28-35)52(13,14)15;1-37(2,3)31-25-29(26-32(35(31)43)38(4,5)6)19-17-23-41-21-15-13-14-16-22-42-24-18-20-30-27-33(39(7,8)9)36(44)34(28-30)40(10,11)12/h25-30,55-57H,22-24H2,1-21H3;25-28,41-44H,13-24H2,1-12H3. The number of unbranched alkanes of at least 4 members (excludes halogenated alkanes) is 3. The lowest BCUT2D eigenvalue weighted by molar-refractivity contribution is 0.421. The minimum atomic E-state index is -0.226. The van der Waals surface area contributed by atoms with Crippen LogP contribution in [0.2, 0.25) is 0 Å². The normalized spacial score (nSPS) is 13.3. The van der Waals surface area contributed by atoms with Gasteiger partial charge in [-0.3, -0.25) is 0 Å². The van der Waals surface area contributed by atoms with Crippen LogP contribution in [0.5, 0.6) is 28.7 Å². The summed E-state index contributed by atoms with van der Waals surface area (Å²) in [6.07, 6.45) is 11.5. The molecule has 0 saturated heterocycles. The van der Waals surface area contributed by atoms with Crippen LogP contribution in [-0.2, 0) is 86.3 Å². The maximum atomic E-state index is 11.6. The van der Waals surface area contributed by atoms with Gasteiger partial charge in [0.15, 0.2) is 0 Å². The highest BCUT2D eigenvalue weighted by Crippen LogP contribution is 2.47. The Morgan fingerprint density at radius 1 is 0.218 bits per heavy atom. The monoisotopic (exact) mass is 1380 g/mol. The van der Waals surface area contributed by atoms with Crippen LogP contribution < -0.4 is 10.6 Å². The van der Waals surface area contributed by atoms with Crippen LogP contribution in [-0.4, -0.2) is 51.7 Å². The summed E-state index contributed by atoms with van der Waals surface area (Å²) in [5.74, 6) is 2.17. The Kier molecular flexibility index (Phi) is 27.5. The topological polar surface area (TPSA) is 125 Å². The SMILES string of the molecule is CC(C)(C)c1cc(CCCNCCCCCCNCCCc2cc(C(C)(C)C)c(O)c(C(C)(C)C)c2)cc(C(C)(C)C)c1O.Cc1c(Cc2cc(C(C)(C)C)c(O)c(C(C)(C)C)c2)c(C)c(Cc2cc(C(C)(C)C)c(O)c(C(C)(C)C)c2)c(C)c1Cc1cc(C(C)(C)C)c(O)c(C(C)(C)C)c1. The van der Waals surface area contributed by atoms with Gasteiger partial charge in [-0.1, -0.05) is 281 Å². The van der Waals surface area contributed by atoms with Crippen molar-refractivity contribution in [2.24, 2.45) is 0 Å². The van der Waals surface area contributed by atoms with E-state index in [-0.39, 0.29) is 54.1 Å². The minimum Gasteiger partial charge on any atom is -0.507 e. The van der Waals surface area contributed by atoms with Crippen molar-refractivity contribution in [2.45, 2.75) is 353 Å². The molecule has 0 heterocycles. The van der Waals surface area contributed by atoms with Crippen molar-refractivity contribution in [3.63, 3.8) is 0 Å². The Hall–Kier alpha value is -5.76. The zero-order valence-electron chi connectivity index (χ0n) is 70.6. The first-order chi connectivity index (χ1) is 45.8. The van der Waals surface area contributed by atoms with E-state index >= 15 is 0 Å². The summed E-state index contributed by atoms with van der Waals surface area (Å²) in [5, 5.41) is 64.1. The molecule has 0 bridgehead atoms. The first kappa shape index (κ1) is 85.9. The molecular formula is C94H146N2O5. The summed E-state index contributed by atoms with van der Waals surface area (Å²) in [4.78, 5) is 0. The summed E-state index contributed by atoms with van der Waals surface area (Å²) in [6, 6.07) is 22.3. The molecule has 7 heteroatoms. The quantitative estimate of drug-likeness (QED) is 0.0358. The van der Waals surface area contributed by atoms with Gasteiger partial charge in [-0.25, -0.2) is 0 Å². The average molecular weight is 1380 g/mol. The van der Waals surface area contributed by atoms with Gasteiger partial charge in [-0.15, -0.1) is 0 Å². The highest BCUT2D eigenvalue weighted by molar-refractivity contribution is 5.60. The van der Waals surface area contributed by atoms with Gasteiger partial charge in [-0.2, -0.15) is 0 Å². The largest absolute Gasteiger partial charge is 0.507 e. The Morgan fingerprint density at radius 3 is 0.525 bits per heavy atom. The number of hydrogen-bond donors (Lipinski definition) is 7. The number of phenols is 5. The zero-order valence-corrected chi connectivity index (χ0v) is 70.6. The second-order valence-electron chi connectivity index (χ2n) is 40.7. The number of hydrogen-bond acceptors (Lipinski definition) is 7. The minimum absolute atomic E-state index is 0.0748. The van der Waals surface area contributed by atoms with Gasteiger partial charge in [0.05, 0.1) is 0 Å². The van der Waals surface area contributed by atoms with Crippen molar-refractivity contribution in [3.05, 3.63) is 177 Å². The van der Waals surface area contributed by atoms with E-state index in [0.29, 0.717) is 28.7 Å². The van der Waals surface area contributed by atoms with Crippen LogP contribution in [0, 0.1) is 20.8 Å². The maximum Gasteiger partial charge on any atom is 0.123 e. The molecule has 0 atom stereocenters. The Balaban J connectivity index is 0.000000377. The molecule has 0 radical (unpaired) electrons. The van der Waals surface area contributed by atoms with E-state index in [1.165, 1.54) is 86.9 Å². The Bertz CT molecular complexity index is 3260. The molecule has 0 amide bonds. The molecule has 6 aromatic carbocycles. The summed E-state index contributed by atoms with van der Waals surface area (Å²) in [6.45, 7) is 76.6. The van der Waals surface area contributed by atoms with E-state index in [4.69, 9.17) is 0 Å². The van der Waals surface area contributed by atoms with E-state index in [2.05, 4.69) is 300 Å². The van der Waals surface area contributed by atoms with Crippen molar-refractivity contribution < 1.29 is 25.5 Å². The summed E-state index contributed by atoms with van der Waals surface area (Å²) >= 11 is 0. The average Bonchev–Trinajstić information content (AvgIpc) is 0.798. The molecule has 0 aliphatic carbocycles. The second-order valence-corrected chi connectivity index (χ2v) is 40.7. The van der Waals surface area contributed by atoms with E-state index < -0.39 is 0 Å². The predicted molar refractivity (Wildman–Crippen MR) is 437 cm³/mol. The van der Waals surface area contributed by atoms with Crippen LogP contribution in [0.1, 0.15) is 363 Å².